The van der Waals surface area contributed by atoms with Crippen molar-refractivity contribution in [2.45, 2.75) is 19.3 Å². The highest BCUT2D eigenvalue weighted by atomic mass is 32.1. The van der Waals surface area contributed by atoms with Gasteiger partial charge in [0.15, 0.2) is 5.82 Å². The molecule has 0 bridgehead atoms. The number of hydrogen-bond acceptors (Lipinski definition) is 5. The van der Waals surface area contributed by atoms with Crippen LogP contribution in [0.5, 0.6) is 0 Å². The van der Waals surface area contributed by atoms with Crippen molar-refractivity contribution in [2.75, 3.05) is 32.1 Å². The molecule has 0 N–H and O–H groups in total. The Kier molecular flexibility index (Phi) is 4.66. The molecule has 152 valence electrons. The maximum atomic E-state index is 13.0. The number of fused-ring (bicyclic) bond motifs is 2. The second-order valence-corrected chi connectivity index (χ2v) is 9.18. The molecule has 5 rings (SSSR count). The number of carbonyl (C=O) groups excluding carboxylic acids is 1. The van der Waals surface area contributed by atoms with Crippen molar-refractivity contribution in [1.29, 1.82) is 0 Å². The predicted octanol–water partition coefficient (Wildman–Crippen LogP) is 4.85. The Hall–Kier alpha value is -2.99. The maximum absolute atomic E-state index is 13.0. The van der Waals surface area contributed by atoms with Crippen LogP contribution in [0.2, 0.25) is 0 Å². The first kappa shape index (κ1) is 19.0. The molecule has 30 heavy (non-hydrogen) atoms. The van der Waals surface area contributed by atoms with E-state index in [2.05, 4.69) is 51.5 Å². The average Bonchev–Trinajstić information content (AvgIpc) is 3.38. The second-order valence-electron chi connectivity index (χ2n) is 8.13. The van der Waals surface area contributed by atoms with E-state index in [-0.39, 0.29) is 5.91 Å². The van der Waals surface area contributed by atoms with E-state index in [1.807, 2.05) is 33.2 Å². The molecule has 0 spiro atoms. The highest BCUT2D eigenvalue weighted by molar-refractivity contribution is 7.21. The van der Waals surface area contributed by atoms with Crippen LogP contribution in [0, 0.1) is 6.92 Å². The summed E-state index contributed by atoms with van der Waals surface area (Å²) in [5.74, 6) is 1.32. The highest BCUT2D eigenvalue weighted by Crippen LogP contribution is 2.42. The van der Waals surface area contributed by atoms with E-state index in [0.29, 0.717) is 5.92 Å². The molecular weight excluding hydrogens is 392 g/mol. The quantitative estimate of drug-likeness (QED) is 0.479. The van der Waals surface area contributed by atoms with Crippen LogP contribution in [-0.2, 0) is 0 Å². The van der Waals surface area contributed by atoms with Crippen molar-refractivity contribution < 1.29 is 4.79 Å². The molecule has 1 amide bonds. The third kappa shape index (κ3) is 3.03. The zero-order valence-corrected chi connectivity index (χ0v) is 18.2. The molecule has 0 saturated carbocycles. The summed E-state index contributed by atoms with van der Waals surface area (Å²) in [5.41, 5.74) is 2.15. The van der Waals surface area contributed by atoms with Crippen molar-refractivity contribution in [2.24, 2.45) is 0 Å². The zero-order chi connectivity index (χ0) is 20.8. The van der Waals surface area contributed by atoms with Gasteiger partial charge in [-0.3, -0.25) is 4.79 Å². The van der Waals surface area contributed by atoms with Gasteiger partial charge in [0.25, 0.3) is 5.91 Å². The van der Waals surface area contributed by atoms with Gasteiger partial charge < -0.3 is 9.80 Å². The number of carbonyl (C=O) groups is 1. The lowest BCUT2D eigenvalue weighted by Gasteiger charge is -2.20. The van der Waals surface area contributed by atoms with E-state index in [1.165, 1.54) is 15.6 Å². The van der Waals surface area contributed by atoms with E-state index in [4.69, 9.17) is 0 Å². The largest absolute Gasteiger partial charge is 0.354 e. The van der Waals surface area contributed by atoms with Crippen LogP contribution in [0.3, 0.4) is 0 Å². The van der Waals surface area contributed by atoms with E-state index in [9.17, 15) is 4.79 Å². The molecule has 5 nitrogen and oxygen atoms in total. The summed E-state index contributed by atoms with van der Waals surface area (Å²) in [4.78, 5) is 17.8. The summed E-state index contributed by atoms with van der Waals surface area (Å²) in [6.45, 7) is 3.75. The van der Waals surface area contributed by atoms with Gasteiger partial charge in [0.2, 0.25) is 0 Å². The van der Waals surface area contributed by atoms with Gasteiger partial charge in [-0.1, -0.05) is 42.5 Å². The number of aryl methyl sites for hydroxylation is 1. The van der Waals surface area contributed by atoms with Gasteiger partial charge in [0.1, 0.15) is 0 Å². The second kappa shape index (κ2) is 7.36. The molecule has 2 aromatic heterocycles. The number of benzene rings is 2. The van der Waals surface area contributed by atoms with Crippen molar-refractivity contribution in [1.82, 2.24) is 15.1 Å². The fourth-order valence-electron chi connectivity index (χ4n) is 4.48. The standard InChI is InChI=1S/C24H24N4OS/c1-15-17-8-4-5-9-18(17)23(26-25-15)28-13-12-16(14-28)21-19-10-6-7-11-20(19)30-22(21)24(29)27(2)3/h4-11,16H,12-14H2,1-3H3/t16-/m0/s1. The Morgan fingerprint density at radius 2 is 1.73 bits per heavy atom. The first-order chi connectivity index (χ1) is 14.5. The van der Waals surface area contributed by atoms with Crippen LogP contribution in [0.1, 0.15) is 33.3 Å². The predicted molar refractivity (Wildman–Crippen MR) is 124 cm³/mol. The molecule has 0 aliphatic carbocycles. The number of aromatic nitrogens is 2. The molecule has 2 aromatic carbocycles. The van der Waals surface area contributed by atoms with Crippen LogP contribution < -0.4 is 4.90 Å². The van der Waals surface area contributed by atoms with Gasteiger partial charge in [-0.25, -0.2) is 0 Å². The lowest BCUT2D eigenvalue weighted by Crippen LogP contribution is -2.24. The summed E-state index contributed by atoms with van der Waals surface area (Å²) >= 11 is 1.61. The minimum Gasteiger partial charge on any atom is -0.354 e. The normalized spacial score (nSPS) is 16.5. The van der Waals surface area contributed by atoms with Gasteiger partial charge in [-0.05, 0) is 30.4 Å². The molecule has 6 heteroatoms. The monoisotopic (exact) mass is 416 g/mol. The van der Waals surface area contributed by atoms with Crippen LogP contribution in [0.25, 0.3) is 20.9 Å². The molecule has 4 aromatic rings. The van der Waals surface area contributed by atoms with Gasteiger partial charge in [-0.15, -0.1) is 16.4 Å². The van der Waals surface area contributed by atoms with Crippen molar-refractivity contribution >= 4 is 43.9 Å². The van der Waals surface area contributed by atoms with Crippen LogP contribution in [0.4, 0.5) is 5.82 Å². The lowest BCUT2D eigenvalue weighted by molar-refractivity contribution is 0.0831. The number of anilines is 1. The Labute approximate surface area is 179 Å². The molecule has 0 unspecified atom stereocenters. The van der Waals surface area contributed by atoms with E-state index < -0.39 is 0 Å². The molecule has 1 aliphatic heterocycles. The number of thiophene rings is 1. The SMILES string of the molecule is Cc1nnc(N2CC[C@H](c3c(C(=O)N(C)C)sc4ccccc34)C2)c2ccccc12. The molecule has 0 radical (unpaired) electrons. The summed E-state index contributed by atoms with van der Waals surface area (Å²) in [6.07, 6.45) is 0.998. The summed E-state index contributed by atoms with van der Waals surface area (Å²) in [6, 6.07) is 16.7. The van der Waals surface area contributed by atoms with Gasteiger partial charge >= 0.3 is 0 Å². The third-order valence-electron chi connectivity index (χ3n) is 5.98. The van der Waals surface area contributed by atoms with E-state index in [0.717, 1.165) is 46.7 Å². The summed E-state index contributed by atoms with van der Waals surface area (Å²) < 4.78 is 1.18. The van der Waals surface area contributed by atoms with Crippen molar-refractivity contribution in [3.05, 3.63) is 64.7 Å². The van der Waals surface area contributed by atoms with Crippen molar-refractivity contribution in [3.8, 4) is 0 Å². The molecule has 3 heterocycles. The Morgan fingerprint density at radius 3 is 2.50 bits per heavy atom. The van der Waals surface area contributed by atoms with Crippen molar-refractivity contribution in [3.63, 3.8) is 0 Å². The lowest BCUT2D eigenvalue weighted by atomic mass is 9.95. The van der Waals surface area contributed by atoms with E-state index in [1.54, 1.807) is 16.2 Å². The summed E-state index contributed by atoms with van der Waals surface area (Å²) in [5, 5.41) is 12.5. The van der Waals surface area contributed by atoms with Crippen LogP contribution >= 0.6 is 11.3 Å². The molecule has 1 saturated heterocycles. The summed E-state index contributed by atoms with van der Waals surface area (Å²) in [7, 11) is 3.65. The minimum atomic E-state index is 0.0882. The molecule has 1 atom stereocenters. The first-order valence-corrected chi connectivity index (χ1v) is 11.1. The topological polar surface area (TPSA) is 49.3 Å². The van der Waals surface area contributed by atoms with Gasteiger partial charge in [0.05, 0.1) is 10.6 Å². The Balaban J connectivity index is 1.56. The first-order valence-electron chi connectivity index (χ1n) is 10.2. The molecule has 1 aliphatic rings. The zero-order valence-electron chi connectivity index (χ0n) is 17.4. The molecule has 1 fully saturated rings. The fourth-order valence-corrected chi connectivity index (χ4v) is 5.79. The Bertz CT molecular complexity index is 1260. The number of nitrogens with zero attached hydrogens (tertiary/aromatic N) is 4. The third-order valence-corrected chi connectivity index (χ3v) is 7.16. The van der Waals surface area contributed by atoms with Crippen LogP contribution in [0.15, 0.2) is 48.5 Å². The number of hydrogen-bond donors (Lipinski definition) is 0. The highest BCUT2D eigenvalue weighted by Gasteiger charge is 2.32. The molecular formula is C24H24N4OS. The smallest absolute Gasteiger partial charge is 0.263 e. The average molecular weight is 417 g/mol. The maximum Gasteiger partial charge on any atom is 0.263 e. The van der Waals surface area contributed by atoms with Crippen LogP contribution in [-0.4, -0.2) is 48.2 Å². The van der Waals surface area contributed by atoms with E-state index >= 15 is 0 Å². The number of amides is 1. The van der Waals surface area contributed by atoms with Gasteiger partial charge in [-0.2, -0.15) is 5.10 Å². The fraction of sp³-hybridized carbons (Fsp3) is 0.292. The Morgan fingerprint density at radius 1 is 1.03 bits per heavy atom. The minimum absolute atomic E-state index is 0.0882. The number of rotatable bonds is 3. The van der Waals surface area contributed by atoms with Gasteiger partial charge in [0, 0.05) is 48.6 Å².